The van der Waals surface area contributed by atoms with Crippen molar-refractivity contribution in [1.82, 2.24) is 9.88 Å². The van der Waals surface area contributed by atoms with Gasteiger partial charge in [-0.2, -0.15) is 0 Å². The van der Waals surface area contributed by atoms with Crippen molar-refractivity contribution in [1.29, 1.82) is 0 Å². The molecule has 136 valence electrons. The first kappa shape index (κ1) is 18.0. The third kappa shape index (κ3) is 4.04. The Morgan fingerprint density at radius 3 is 2.77 bits per heavy atom. The van der Waals surface area contributed by atoms with E-state index in [1.165, 1.54) is 5.56 Å². The molecule has 1 N–H and O–H groups in total. The van der Waals surface area contributed by atoms with Gasteiger partial charge >= 0.3 is 0 Å². The molecule has 5 nitrogen and oxygen atoms in total. The second kappa shape index (κ2) is 8.04. The van der Waals surface area contributed by atoms with Gasteiger partial charge in [-0.05, 0) is 49.1 Å². The van der Waals surface area contributed by atoms with Crippen LogP contribution in [0.4, 0.5) is 0 Å². The SMILES string of the molecule is Cc1ccc(/C(=N/O)N2CC=CCC2)c(Oc2cccc(C(C)C)c2)n1. The first-order chi connectivity index (χ1) is 12.6. The Balaban J connectivity index is 1.95. The van der Waals surface area contributed by atoms with E-state index < -0.39 is 0 Å². The lowest BCUT2D eigenvalue weighted by molar-refractivity contribution is 0.302. The lowest BCUT2D eigenvalue weighted by Gasteiger charge is -2.26. The van der Waals surface area contributed by atoms with Crippen LogP contribution in [0.1, 0.15) is 43.0 Å². The minimum absolute atomic E-state index is 0.415. The molecule has 0 atom stereocenters. The summed E-state index contributed by atoms with van der Waals surface area (Å²) in [6.45, 7) is 7.72. The lowest BCUT2D eigenvalue weighted by atomic mass is 10.0. The molecule has 1 aromatic carbocycles. The van der Waals surface area contributed by atoms with E-state index in [0.29, 0.717) is 29.7 Å². The zero-order chi connectivity index (χ0) is 18.5. The molecular formula is C21H25N3O2. The highest BCUT2D eigenvalue weighted by atomic mass is 16.5. The van der Waals surface area contributed by atoms with E-state index in [-0.39, 0.29) is 0 Å². The Bertz CT molecular complexity index is 828. The molecule has 2 heterocycles. The Labute approximate surface area is 154 Å². The van der Waals surface area contributed by atoms with Gasteiger partial charge in [-0.15, -0.1) is 0 Å². The van der Waals surface area contributed by atoms with Crippen molar-refractivity contribution in [2.75, 3.05) is 13.1 Å². The van der Waals surface area contributed by atoms with Crippen molar-refractivity contribution in [3.05, 3.63) is 65.4 Å². The van der Waals surface area contributed by atoms with Crippen LogP contribution in [0.5, 0.6) is 11.6 Å². The van der Waals surface area contributed by atoms with Crippen molar-refractivity contribution < 1.29 is 9.94 Å². The molecule has 3 rings (SSSR count). The highest BCUT2D eigenvalue weighted by Gasteiger charge is 2.20. The summed E-state index contributed by atoms with van der Waals surface area (Å²) in [6.07, 6.45) is 5.13. The van der Waals surface area contributed by atoms with Crippen molar-refractivity contribution in [3.63, 3.8) is 0 Å². The zero-order valence-corrected chi connectivity index (χ0v) is 15.5. The summed E-state index contributed by atoms with van der Waals surface area (Å²) in [4.78, 5) is 6.57. The molecule has 0 saturated heterocycles. The van der Waals surface area contributed by atoms with Gasteiger partial charge in [0.1, 0.15) is 5.75 Å². The number of rotatable bonds is 4. The maximum absolute atomic E-state index is 9.65. The van der Waals surface area contributed by atoms with Crippen LogP contribution in [-0.4, -0.2) is 34.0 Å². The van der Waals surface area contributed by atoms with Gasteiger partial charge in [0.05, 0.1) is 5.56 Å². The molecule has 1 aliphatic heterocycles. The molecule has 1 aromatic heterocycles. The van der Waals surface area contributed by atoms with Gasteiger partial charge in [-0.25, -0.2) is 4.98 Å². The number of benzene rings is 1. The first-order valence-electron chi connectivity index (χ1n) is 8.96. The van der Waals surface area contributed by atoms with Gasteiger partial charge in [0.25, 0.3) is 0 Å². The second-order valence-electron chi connectivity index (χ2n) is 6.76. The van der Waals surface area contributed by atoms with E-state index in [0.717, 1.165) is 24.4 Å². The molecule has 0 fully saturated rings. The number of oxime groups is 1. The highest BCUT2D eigenvalue weighted by Crippen LogP contribution is 2.28. The molecule has 0 unspecified atom stereocenters. The van der Waals surface area contributed by atoms with Crippen molar-refractivity contribution in [3.8, 4) is 11.6 Å². The van der Waals surface area contributed by atoms with Crippen LogP contribution in [-0.2, 0) is 0 Å². The molecule has 0 bridgehead atoms. The number of aryl methyl sites for hydroxylation is 1. The highest BCUT2D eigenvalue weighted by molar-refractivity contribution is 6.00. The summed E-state index contributed by atoms with van der Waals surface area (Å²) in [5.74, 6) is 2.08. The molecule has 0 saturated carbocycles. The third-order valence-corrected chi connectivity index (χ3v) is 4.43. The third-order valence-electron chi connectivity index (χ3n) is 4.43. The van der Waals surface area contributed by atoms with Crippen molar-refractivity contribution >= 4 is 5.84 Å². The Kier molecular flexibility index (Phi) is 5.56. The minimum Gasteiger partial charge on any atom is -0.438 e. The van der Waals surface area contributed by atoms with Gasteiger partial charge in [-0.3, -0.25) is 0 Å². The zero-order valence-electron chi connectivity index (χ0n) is 15.5. The molecule has 0 radical (unpaired) electrons. The van der Waals surface area contributed by atoms with Gasteiger partial charge in [0.2, 0.25) is 5.88 Å². The van der Waals surface area contributed by atoms with Crippen LogP contribution in [0.3, 0.4) is 0 Å². The minimum atomic E-state index is 0.415. The van der Waals surface area contributed by atoms with Crippen LogP contribution < -0.4 is 4.74 Å². The molecular weight excluding hydrogens is 326 g/mol. The predicted octanol–water partition coefficient (Wildman–Crippen LogP) is 4.70. The summed E-state index contributed by atoms with van der Waals surface area (Å²) >= 11 is 0. The van der Waals surface area contributed by atoms with E-state index in [4.69, 9.17) is 4.74 Å². The standard InChI is InChI=1S/C21H25N3O2/c1-15(2)17-8-7-9-18(14-17)26-21-19(11-10-16(3)22-21)20(23-25)24-12-5-4-6-13-24/h4-5,7-11,14-15,25H,6,12-13H2,1-3H3/b23-20-. The van der Waals surface area contributed by atoms with Crippen LogP contribution in [0.25, 0.3) is 0 Å². The molecule has 26 heavy (non-hydrogen) atoms. The van der Waals surface area contributed by atoms with Crippen LogP contribution in [0.2, 0.25) is 0 Å². The molecule has 1 aliphatic rings. The van der Waals surface area contributed by atoms with E-state index in [2.05, 4.69) is 42.2 Å². The first-order valence-corrected chi connectivity index (χ1v) is 8.96. The average molecular weight is 351 g/mol. The fraction of sp³-hybridized carbons (Fsp3) is 0.333. The van der Waals surface area contributed by atoms with Gasteiger partial charge in [-0.1, -0.05) is 43.3 Å². The monoisotopic (exact) mass is 351 g/mol. The Morgan fingerprint density at radius 1 is 1.23 bits per heavy atom. The fourth-order valence-corrected chi connectivity index (χ4v) is 2.95. The summed E-state index contributed by atoms with van der Waals surface area (Å²) in [6, 6.07) is 11.8. The van der Waals surface area contributed by atoms with Crippen LogP contribution >= 0.6 is 0 Å². The van der Waals surface area contributed by atoms with Crippen molar-refractivity contribution in [2.45, 2.75) is 33.1 Å². The summed E-state index contributed by atoms with van der Waals surface area (Å²) in [5, 5.41) is 13.2. The average Bonchev–Trinajstić information content (AvgIpc) is 2.65. The van der Waals surface area contributed by atoms with Crippen LogP contribution in [0.15, 0.2) is 53.7 Å². The molecule has 5 heteroatoms. The van der Waals surface area contributed by atoms with E-state index in [9.17, 15) is 5.21 Å². The molecule has 2 aromatic rings. The molecule has 0 spiro atoms. The summed E-state index contributed by atoms with van der Waals surface area (Å²) in [7, 11) is 0. The van der Waals surface area contributed by atoms with E-state index >= 15 is 0 Å². The topological polar surface area (TPSA) is 58.0 Å². The quantitative estimate of drug-likeness (QED) is 0.285. The summed E-state index contributed by atoms with van der Waals surface area (Å²) in [5.41, 5.74) is 2.73. The maximum atomic E-state index is 9.65. The molecule has 0 amide bonds. The number of hydrogen-bond donors (Lipinski definition) is 1. The summed E-state index contributed by atoms with van der Waals surface area (Å²) < 4.78 is 6.11. The maximum Gasteiger partial charge on any atom is 0.230 e. The number of aromatic nitrogens is 1. The van der Waals surface area contributed by atoms with E-state index in [1.807, 2.05) is 42.2 Å². The molecule has 0 aliphatic carbocycles. The number of nitrogens with zero attached hydrogens (tertiary/aromatic N) is 3. The number of amidine groups is 1. The van der Waals surface area contributed by atoms with Gasteiger partial charge < -0.3 is 14.8 Å². The number of hydrogen-bond acceptors (Lipinski definition) is 4. The Hall–Kier alpha value is -2.82. The largest absolute Gasteiger partial charge is 0.438 e. The second-order valence-corrected chi connectivity index (χ2v) is 6.76. The lowest BCUT2D eigenvalue weighted by Crippen LogP contribution is -2.34. The van der Waals surface area contributed by atoms with Crippen LogP contribution in [0, 0.1) is 6.92 Å². The normalized spacial score (nSPS) is 14.8. The number of ether oxygens (including phenoxy) is 1. The van der Waals surface area contributed by atoms with E-state index in [1.54, 1.807) is 0 Å². The van der Waals surface area contributed by atoms with Crippen molar-refractivity contribution in [2.24, 2.45) is 5.16 Å². The van der Waals surface area contributed by atoms with Gasteiger partial charge in [0.15, 0.2) is 5.84 Å². The Morgan fingerprint density at radius 2 is 2.08 bits per heavy atom. The predicted molar refractivity (Wildman–Crippen MR) is 103 cm³/mol. The fourth-order valence-electron chi connectivity index (χ4n) is 2.95. The van der Waals surface area contributed by atoms with Gasteiger partial charge in [0, 0.05) is 18.8 Å². The number of pyridine rings is 1. The smallest absolute Gasteiger partial charge is 0.230 e.